The molecule has 0 unspecified atom stereocenters. The van der Waals surface area contributed by atoms with Gasteiger partial charge in [0.05, 0.1) is 16.3 Å². The van der Waals surface area contributed by atoms with Crippen LogP contribution in [-0.2, 0) is 0 Å². The molecule has 3 aromatic heterocycles. The number of hydrogen-bond acceptors (Lipinski definition) is 3. The van der Waals surface area contributed by atoms with Crippen molar-refractivity contribution in [3.05, 3.63) is 64.7 Å². The van der Waals surface area contributed by atoms with Crippen molar-refractivity contribution >= 4 is 17.0 Å². The third-order valence-corrected chi connectivity index (χ3v) is 6.87. The predicted octanol–water partition coefficient (Wildman–Crippen LogP) is 7.09. The van der Waals surface area contributed by atoms with E-state index in [0.717, 1.165) is 56.5 Å². The normalized spacial score (nSPS) is 11.7. The molecule has 0 aliphatic carbocycles. The fourth-order valence-corrected chi connectivity index (χ4v) is 5.32. The van der Waals surface area contributed by atoms with Crippen LogP contribution in [0.2, 0.25) is 0 Å². The van der Waals surface area contributed by atoms with Crippen molar-refractivity contribution < 1.29 is 4.39 Å². The van der Waals surface area contributed by atoms with Crippen molar-refractivity contribution in [1.82, 2.24) is 14.6 Å². The average molecular weight is 408 g/mol. The summed E-state index contributed by atoms with van der Waals surface area (Å²) in [6.07, 6.45) is 2.16. The summed E-state index contributed by atoms with van der Waals surface area (Å²) < 4.78 is 15.7. The molecule has 0 fully saturated rings. The minimum Gasteiger partial charge on any atom is -0.231 e. The summed E-state index contributed by atoms with van der Waals surface area (Å²) in [6, 6.07) is 11.1. The molecular formula is C24H26FN3S. The Hall–Kier alpha value is -2.53. The second-order valence-corrected chi connectivity index (χ2v) is 8.72. The molecule has 0 aliphatic rings. The van der Waals surface area contributed by atoms with Gasteiger partial charge in [-0.1, -0.05) is 26.0 Å². The molecule has 150 valence electrons. The molecule has 4 rings (SSSR count). The Balaban J connectivity index is 1.92. The van der Waals surface area contributed by atoms with E-state index < -0.39 is 0 Å². The number of benzene rings is 1. The van der Waals surface area contributed by atoms with Gasteiger partial charge in [-0.05, 0) is 74.9 Å². The Morgan fingerprint density at radius 3 is 2.52 bits per heavy atom. The molecule has 0 bridgehead atoms. The van der Waals surface area contributed by atoms with Gasteiger partial charge < -0.3 is 0 Å². The maximum Gasteiger partial charge on any atom is 0.158 e. The summed E-state index contributed by atoms with van der Waals surface area (Å²) in [5.41, 5.74) is 7.31. The van der Waals surface area contributed by atoms with E-state index in [0.29, 0.717) is 5.92 Å². The summed E-state index contributed by atoms with van der Waals surface area (Å²) in [4.78, 5) is 7.13. The van der Waals surface area contributed by atoms with Gasteiger partial charge in [0.1, 0.15) is 11.5 Å². The Kier molecular flexibility index (Phi) is 5.26. The van der Waals surface area contributed by atoms with E-state index in [4.69, 9.17) is 10.1 Å². The lowest BCUT2D eigenvalue weighted by molar-refractivity contribution is 0.628. The van der Waals surface area contributed by atoms with Crippen LogP contribution in [-0.4, -0.2) is 14.6 Å². The summed E-state index contributed by atoms with van der Waals surface area (Å²) in [7, 11) is 0. The zero-order valence-corrected chi connectivity index (χ0v) is 18.4. The van der Waals surface area contributed by atoms with Crippen LogP contribution in [0.4, 0.5) is 4.39 Å². The summed E-state index contributed by atoms with van der Waals surface area (Å²) in [5.74, 6) is 0.259. The average Bonchev–Trinajstić information content (AvgIpc) is 3.21. The van der Waals surface area contributed by atoms with E-state index in [-0.39, 0.29) is 5.82 Å². The second-order valence-electron chi connectivity index (χ2n) is 7.67. The molecule has 0 aliphatic heterocycles. The highest BCUT2D eigenvalue weighted by molar-refractivity contribution is 7.19. The number of fused-ring (bicyclic) bond motifs is 1. The van der Waals surface area contributed by atoms with Crippen molar-refractivity contribution in [2.24, 2.45) is 0 Å². The number of nitrogens with zero attached hydrogens (tertiary/aromatic N) is 3. The van der Waals surface area contributed by atoms with Crippen LogP contribution in [0.3, 0.4) is 0 Å². The Bertz CT molecular complexity index is 1180. The van der Waals surface area contributed by atoms with Crippen molar-refractivity contribution in [3.8, 4) is 21.0 Å². The molecule has 0 saturated heterocycles. The predicted molar refractivity (Wildman–Crippen MR) is 119 cm³/mol. The SMILES string of the molecule is CCC(CC)c1cc(C)nn2c(-c3sc(-c4cccc(F)c4)cc3C)c(C)nc12. The Morgan fingerprint density at radius 1 is 1.07 bits per heavy atom. The van der Waals surface area contributed by atoms with Gasteiger partial charge in [-0.15, -0.1) is 11.3 Å². The largest absolute Gasteiger partial charge is 0.231 e. The van der Waals surface area contributed by atoms with Crippen LogP contribution in [0.15, 0.2) is 36.4 Å². The molecular weight excluding hydrogens is 381 g/mol. The minimum absolute atomic E-state index is 0.215. The first kappa shape index (κ1) is 19.8. The Morgan fingerprint density at radius 2 is 1.83 bits per heavy atom. The molecule has 0 spiro atoms. The number of rotatable bonds is 5. The first-order valence-electron chi connectivity index (χ1n) is 10.2. The third-order valence-electron chi connectivity index (χ3n) is 5.58. The molecule has 0 atom stereocenters. The van der Waals surface area contributed by atoms with Gasteiger partial charge in [0.2, 0.25) is 0 Å². The highest BCUT2D eigenvalue weighted by Crippen LogP contribution is 2.40. The fraction of sp³-hybridized carbons (Fsp3) is 0.333. The number of imidazole rings is 1. The van der Waals surface area contributed by atoms with E-state index in [9.17, 15) is 4.39 Å². The standard InChI is InChI=1S/C24H26FN3S/c1-6-17(7-2)20-12-15(4)27-28-22(16(5)26-24(20)28)23-14(3)11-21(29-23)18-9-8-10-19(25)13-18/h8-13,17H,6-7H2,1-5H3. The lowest BCUT2D eigenvalue weighted by Gasteiger charge is -2.14. The number of hydrogen-bond donors (Lipinski definition) is 0. The molecule has 4 aromatic rings. The van der Waals surface area contributed by atoms with Crippen LogP contribution in [0, 0.1) is 26.6 Å². The van der Waals surface area contributed by atoms with Gasteiger partial charge in [-0.25, -0.2) is 13.9 Å². The third kappa shape index (κ3) is 3.48. The molecule has 3 heterocycles. The number of halogens is 1. The zero-order chi connectivity index (χ0) is 20.7. The smallest absolute Gasteiger partial charge is 0.158 e. The van der Waals surface area contributed by atoms with Crippen LogP contribution in [0.1, 0.15) is 55.1 Å². The molecule has 0 N–H and O–H groups in total. The molecule has 5 heteroatoms. The molecule has 0 amide bonds. The van der Waals surface area contributed by atoms with Gasteiger partial charge in [0, 0.05) is 10.4 Å². The minimum atomic E-state index is -0.215. The fourth-order valence-electron chi connectivity index (χ4n) is 4.07. The number of aromatic nitrogens is 3. The zero-order valence-electron chi connectivity index (χ0n) is 17.6. The Labute approximate surface area is 175 Å². The van der Waals surface area contributed by atoms with Crippen LogP contribution in [0.5, 0.6) is 0 Å². The maximum atomic E-state index is 13.7. The van der Waals surface area contributed by atoms with Crippen molar-refractivity contribution in [1.29, 1.82) is 0 Å². The van der Waals surface area contributed by atoms with Gasteiger partial charge >= 0.3 is 0 Å². The van der Waals surface area contributed by atoms with Gasteiger partial charge in [0.15, 0.2) is 5.65 Å². The molecule has 3 nitrogen and oxygen atoms in total. The lowest BCUT2D eigenvalue weighted by atomic mass is 9.95. The van der Waals surface area contributed by atoms with Crippen molar-refractivity contribution in [2.45, 2.75) is 53.4 Å². The first-order chi connectivity index (χ1) is 13.9. The second kappa shape index (κ2) is 7.71. The summed E-state index contributed by atoms with van der Waals surface area (Å²) >= 11 is 1.67. The van der Waals surface area contributed by atoms with Crippen molar-refractivity contribution in [3.63, 3.8) is 0 Å². The van der Waals surface area contributed by atoms with E-state index in [2.05, 4.69) is 39.8 Å². The molecule has 0 radical (unpaired) electrons. The van der Waals surface area contributed by atoms with Gasteiger partial charge in [-0.2, -0.15) is 5.10 Å². The molecule has 29 heavy (non-hydrogen) atoms. The van der Waals surface area contributed by atoms with Crippen LogP contribution in [0.25, 0.3) is 26.7 Å². The van der Waals surface area contributed by atoms with Crippen LogP contribution >= 0.6 is 11.3 Å². The lowest BCUT2D eigenvalue weighted by Crippen LogP contribution is -2.05. The summed E-state index contributed by atoms with van der Waals surface area (Å²) in [6.45, 7) is 10.7. The van der Waals surface area contributed by atoms with E-state index >= 15 is 0 Å². The monoisotopic (exact) mass is 407 g/mol. The highest BCUT2D eigenvalue weighted by atomic mass is 32.1. The maximum absolute atomic E-state index is 13.7. The first-order valence-corrected chi connectivity index (χ1v) is 11.0. The van der Waals surface area contributed by atoms with Crippen molar-refractivity contribution in [2.75, 3.05) is 0 Å². The highest BCUT2D eigenvalue weighted by Gasteiger charge is 2.22. The quantitative estimate of drug-likeness (QED) is 0.353. The van der Waals surface area contributed by atoms with E-state index in [1.807, 2.05) is 17.5 Å². The van der Waals surface area contributed by atoms with Crippen LogP contribution < -0.4 is 0 Å². The number of thiophene rings is 1. The van der Waals surface area contributed by atoms with E-state index in [1.165, 1.54) is 11.6 Å². The van der Waals surface area contributed by atoms with E-state index in [1.54, 1.807) is 23.5 Å². The topological polar surface area (TPSA) is 30.2 Å². The molecule has 1 aromatic carbocycles. The van der Waals surface area contributed by atoms with Gasteiger partial charge in [0.25, 0.3) is 0 Å². The molecule has 0 saturated carbocycles. The summed E-state index contributed by atoms with van der Waals surface area (Å²) in [5, 5.41) is 4.82. The number of aryl methyl sites for hydroxylation is 3. The van der Waals surface area contributed by atoms with Gasteiger partial charge in [-0.3, -0.25) is 0 Å².